The summed E-state index contributed by atoms with van der Waals surface area (Å²) >= 11 is 6.01. The zero-order chi connectivity index (χ0) is 17.9. The average Bonchev–Trinajstić information content (AvgIpc) is 2.51. The molecule has 0 N–H and O–H groups in total. The van der Waals surface area contributed by atoms with Gasteiger partial charge in [-0.15, -0.1) is 0 Å². The number of para-hydroxylation sites is 1. The molecule has 1 heterocycles. The number of amides is 1. The highest BCUT2D eigenvalue weighted by molar-refractivity contribution is 6.30. The first-order chi connectivity index (χ1) is 11.3. The van der Waals surface area contributed by atoms with Gasteiger partial charge in [-0.05, 0) is 39.8 Å². The van der Waals surface area contributed by atoms with Gasteiger partial charge < -0.3 is 9.64 Å². The molecule has 0 fully saturated rings. The molecule has 0 aliphatic carbocycles. The van der Waals surface area contributed by atoms with E-state index >= 15 is 0 Å². The van der Waals surface area contributed by atoms with Crippen LogP contribution in [0.3, 0.4) is 0 Å². The Hall–Kier alpha value is -2.21. The molecule has 24 heavy (non-hydrogen) atoms. The summed E-state index contributed by atoms with van der Waals surface area (Å²) < 4.78 is 19.8. The Morgan fingerprint density at radius 1 is 1.42 bits per heavy atom. The standard InChI is InChI=1S/C17H19ClFN3O2/c1-5-22(10(2)3)17(23)12-7-6-8-13(19)15(12)24-14-9-20-11(4)21-16(14)18/h6-10H,5H2,1-4H3. The molecule has 2 aromatic rings. The lowest BCUT2D eigenvalue weighted by Crippen LogP contribution is -2.36. The van der Waals surface area contributed by atoms with Gasteiger partial charge in [0.2, 0.25) is 0 Å². The normalized spacial score (nSPS) is 10.8. The summed E-state index contributed by atoms with van der Waals surface area (Å²) in [7, 11) is 0. The number of halogens is 2. The summed E-state index contributed by atoms with van der Waals surface area (Å²) in [5.41, 5.74) is 0.127. The lowest BCUT2D eigenvalue weighted by atomic mass is 10.1. The molecule has 2 rings (SSSR count). The molecule has 0 spiro atoms. The van der Waals surface area contributed by atoms with E-state index in [0.717, 1.165) is 0 Å². The monoisotopic (exact) mass is 351 g/mol. The number of hydrogen-bond donors (Lipinski definition) is 0. The van der Waals surface area contributed by atoms with E-state index in [4.69, 9.17) is 16.3 Å². The van der Waals surface area contributed by atoms with Crippen LogP contribution in [0, 0.1) is 12.7 Å². The Kier molecular flexibility index (Phi) is 5.72. The van der Waals surface area contributed by atoms with Gasteiger partial charge in [-0.3, -0.25) is 4.79 Å². The second-order valence-electron chi connectivity index (χ2n) is 5.48. The van der Waals surface area contributed by atoms with Crippen LogP contribution in [0.2, 0.25) is 5.15 Å². The van der Waals surface area contributed by atoms with E-state index in [9.17, 15) is 9.18 Å². The molecular weight excluding hydrogens is 333 g/mol. The number of aryl methyl sites for hydroxylation is 1. The first-order valence-electron chi connectivity index (χ1n) is 7.61. The van der Waals surface area contributed by atoms with Gasteiger partial charge in [-0.2, -0.15) is 0 Å². The van der Waals surface area contributed by atoms with Gasteiger partial charge in [0, 0.05) is 12.6 Å². The van der Waals surface area contributed by atoms with E-state index in [1.54, 1.807) is 11.8 Å². The number of aromatic nitrogens is 2. The molecule has 0 radical (unpaired) electrons. The zero-order valence-electron chi connectivity index (χ0n) is 14.0. The minimum absolute atomic E-state index is 0.0232. The van der Waals surface area contributed by atoms with E-state index in [0.29, 0.717) is 12.4 Å². The second-order valence-corrected chi connectivity index (χ2v) is 5.83. The minimum Gasteiger partial charge on any atom is -0.449 e. The highest BCUT2D eigenvalue weighted by Crippen LogP contribution is 2.32. The minimum atomic E-state index is -0.655. The molecule has 7 heteroatoms. The molecule has 0 aliphatic rings. The Balaban J connectivity index is 2.45. The fourth-order valence-electron chi connectivity index (χ4n) is 2.29. The summed E-state index contributed by atoms with van der Waals surface area (Å²) in [6.07, 6.45) is 1.35. The van der Waals surface area contributed by atoms with Crippen molar-refractivity contribution in [2.24, 2.45) is 0 Å². The van der Waals surface area contributed by atoms with E-state index in [2.05, 4.69) is 9.97 Å². The molecule has 1 aromatic heterocycles. The molecule has 0 unspecified atom stereocenters. The maximum absolute atomic E-state index is 14.3. The van der Waals surface area contributed by atoms with Gasteiger partial charge in [0.05, 0.1) is 11.8 Å². The molecule has 1 aromatic carbocycles. The summed E-state index contributed by atoms with van der Waals surface area (Å²) in [6, 6.07) is 4.19. The maximum Gasteiger partial charge on any atom is 0.257 e. The van der Waals surface area contributed by atoms with Crippen molar-refractivity contribution < 1.29 is 13.9 Å². The Morgan fingerprint density at radius 2 is 2.12 bits per heavy atom. The van der Waals surface area contributed by atoms with Gasteiger partial charge >= 0.3 is 0 Å². The predicted octanol–water partition coefficient (Wildman–Crippen LogP) is 4.24. The fourth-order valence-corrected chi connectivity index (χ4v) is 2.50. The summed E-state index contributed by atoms with van der Waals surface area (Å²) in [5, 5.41) is 0.0559. The van der Waals surface area contributed by atoms with Crippen LogP contribution >= 0.6 is 11.6 Å². The number of carbonyl (C=O) groups is 1. The third-order valence-electron chi connectivity index (χ3n) is 3.47. The number of nitrogens with zero attached hydrogens (tertiary/aromatic N) is 3. The molecule has 0 bridgehead atoms. The van der Waals surface area contributed by atoms with Crippen LogP contribution < -0.4 is 4.74 Å². The molecule has 128 valence electrons. The van der Waals surface area contributed by atoms with E-state index in [1.807, 2.05) is 20.8 Å². The van der Waals surface area contributed by atoms with Crippen LogP contribution in [0.5, 0.6) is 11.5 Å². The molecule has 5 nitrogen and oxygen atoms in total. The van der Waals surface area contributed by atoms with Crippen LogP contribution in [-0.2, 0) is 0 Å². The quantitative estimate of drug-likeness (QED) is 0.756. The smallest absolute Gasteiger partial charge is 0.257 e. The third kappa shape index (κ3) is 3.82. The number of hydrogen-bond acceptors (Lipinski definition) is 4. The number of ether oxygens (including phenoxy) is 1. The fraction of sp³-hybridized carbons (Fsp3) is 0.353. The molecular formula is C17H19ClFN3O2. The van der Waals surface area contributed by atoms with Crippen molar-refractivity contribution in [3.63, 3.8) is 0 Å². The van der Waals surface area contributed by atoms with Crippen LogP contribution in [0.15, 0.2) is 24.4 Å². The summed E-state index contributed by atoms with van der Waals surface area (Å²) in [4.78, 5) is 22.3. The molecule has 0 saturated heterocycles. The Labute approximate surface area is 145 Å². The third-order valence-corrected chi connectivity index (χ3v) is 3.74. The maximum atomic E-state index is 14.3. The molecule has 1 amide bonds. The van der Waals surface area contributed by atoms with Crippen molar-refractivity contribution in [3.05, 3.63) is 46.8 Å². The van der Waals surface area contributed by atoms with E-state index in [1.165, 1.54) is 24.4 Å². The van der Waals surface area contributed by atoms with Crippen LogP contribution in [0.4, 0.5) is 4.39 Å². The highest BCUT2D eigenvalue weighted by atomic mass is 35.5. The van der Waals surface area contributed by atoms with Gasteiger partial charge in [0.1, 0.15) is 5.82 Å². The molecule has 0 atom stereocenters. The largest absolute Gasteiger partial charge is 0.449 e. The van der Waals surface area contributed by atoms with Crippen LogP contribution in [-0.4, -0.2) is 33.4 Å². The van der Waals surface area contributed by atoms with Gasteiger partial charge in [-0.1, -0.05) is 17.7 Å². The first-order valence-corrected chi connectivity index (χ1v) is 7.99. The van der Waals surface area contributed by atoms with Crippen molar-refractivity contribution in [1.29, 1.82) is 0 Å². The summed E-state index contributed by atoms with van der Waals surface area (Å²) in [6.45, 7) is 7.83. The van der Waals surface area contributed by atoms with Gasteiger partial charge in [-0.25, -0.2) is 14.4 Å². The second kappa shape index (κ2) is 7.57. The Bertz CT molecular complexity index is 753. The number of carbonyl (C=O) groups excluding carboxylic acids is 1. The van der Waals surface area contributed by atoms with Crippen molar-refractivity contribution in [1.82, 2.24) is 14.9 Å². The van der Waals surface area contributed by atoms with E-state index < -0.39 is 5.82 Å². The van der Waals surface area contributed by atoms with Crippen molar-refractivity contribution in [2.75, 3.05) is 6.54 Å². The first kappa shape index (κ1) is 18.1. The highest BCUT2D eigenvalue weighted by Gasteiger charge is 2.24. The van der Waals surface area contributed by atoms with Crippen molar-refractivity contribution in [3.8, 4) is 11.5 Å². The zero-order valence-corrected chi connectivity index (χ0v) is 14.8. The summed E-state index contributed by atoms with van der Waals surface area (Å²) in [5.74, 6) is -0.595. The van der Waals surface area contributed by atoms with E-state index in [-0.39, 0.29) is 34.2 Å². The number of rotatable bonds is 5. The lowest BCUT2D eigenvalue weighted by Gasteiger charge is -2.26. The van der Waals surface area contributed by atoms with Crippen LogP contribution in [0.1, 0.15) is 37.0 Å². The van der Waals surface area contributed by atoms with Crippen molar-refractivity contribution in [2.45, 2.75) is 33.7 Å². The number of benzene rings is 1. The van der Waals surface area contributed by atoms with Gasteiger partial charge in [0.25, 0.3) is 5.91 Å². The molecule has 0 aliphatic heterocycles. The van der Waals surface area contributed by atoms with Crippen LogP contribution in [0.25, 0.3) is 0 Å². The van der Waals surface area contributed by atoms with Gasteiger partial charge in [0.15, 0.2) is 22.5 Å². The SMILES string of the molecule is CCN(C(=O)c1cccc(F)c1Oc1cnc(C)nc1Cl)C(C)C. The average molecular weight is 352 g/mol. The topological polar surface area (TPSA) is 55.3 Å². The Morgan fingerprint density at radius 3 is 2.71 bits per heavy atom. The predicted molar refractivity (Wildman–Crippen MR) is 90.1 cm³/mol. The lowest BCUT2D eigenvalue weighted by molar-refractivity contribution is 0.0713. The molecule has 0 saturated carbocycles. The van der Waals surface area contributed by atoms with Crippen molar-refractivity contribution >= 4 is 17.5 Å².